The van der Waals surface area contributed by atoms with Crippen molar-refractivity contribution in [2.75, 3.05) is 13.1 Å². The topological polar surface area (TPSA) is 49.3 Å². The van der Waals surface area contributed by atoms with Gasteiger partial charge in [-0.05, 0) is 43.6 Å². The van der Waals surface area contributed by atoms with Crippen LogP contribution in [0.2, 0.25) is 0 Å². The third kappa shape index (κ3) is 2.64. The van der Waals surface area contributed by atoms with E-state index in [1.165, 1.54) is 12.1 Å². The van der Waals surface area contributed by atoms with Gasteiger partial charge in [-0.2, -0.15) is 0 Å². The predicted octanol–water partition coefficient (Wildman–Crippen LogP) is 1.92. The second kappa shape index (κ2) is 4.84. The quantitative estimate of drug-likeness (QED) is 0.844. The number of halogens is 1. The van der Waals surface area contributed by atoms with Crippen molar-refractivity contribution in [3.8, 4) is 0 Å². The van der Waals surface area contributed by atoms with E-state index in [9.17, 15) is 9.18 Å². The van der Waals surface area contributed by atoms with Crippen LogP contribution in [0.4, 0.5) is 4.39 Å². The van der Waals surface area contributed by atoms with Gasteiger partial charge in [-0.1, -0.05) is 12.1 Å². The van der Waals surface area contributed by atoms with Gasteiger partial charge in [-0.25, -0.2) is 4.39 Å². The summed E-state index contributed by atoms with van der Waals surface area (Å²) >= 11 is 0. The second-order valence-corrected chi connectivity index (χ2v) is 4.61. The summed E-state index contributed by atoms with van der Waals surface area (Å²) in [6.45, 7) is 1.56. The minimum absolute atomic E-state index is 0.0676. The molecular formula is C13H16FNO2. The Morgan fingerprint density at radius 2 is 2.12 bits per heavy atom. The molecule has 0 saturated carbocycles. The Hall–Kier alpha value is -1.42. The number of hydrogen-bond acceptors (Lipinski definition) is 2. The molecule has 0 spiro atoms. The average molecular weight is 237 g/mol. The fourth-order valence-electron chi connectivity index (χ4n) is 2.58. The Kier molecular flexibility index (Phi) is 3.43. The van der Waals surface area contributed by atoms with E-state index in [1.807, 2.05) is 6.07 Å². The van der Waals surface area contributed by atoms with Crippen molar-refractivity contribution in [3.05, 3.63) is 35.6 Å². The molecular weight excluding hydrogens is 221 g/mol. The highest BCUT2D eigenvalue weighted by Gasteiger charge is 2.36. The van der Waals surface area contributed by atoms with Crippen LogP contribution < -0.4 is 5.32 Å². The van der Waals surface area contributed by atoms with E-state index in [1.54, 1.807) is 6.07 Å². The maximum atomic E-state index is 13.3. The number of carbonyl (C=O) groups is 1. The molecule has 0 radical (unpaired) electrons. The minimum atomic E-state index is -0.823. The molecule has 0 bridgehead atoms. The number of benzene rings is 1. The van der Waals surface area contributed by atoms with Crippen LogP contribution in [0.5, 0.6) is 0 Å². The van der Waals surface area contributed by atoms with Crippen molar-refractivity contribution in [1.29, 1.82) is 0 Å². The molecule has 1 aromatic rings. The van der Waals surface area contributed by atoms with E-state index in [2.05, 4.69) is 5.32 Å². The molecule has 1 aliphatic heterocycles. The second-order valence-electron chi connectivity index (χ2n) is 4.61. The third-order valence-electron chi connectivity index (χ3n) is 3.49. The van der Waals surface area contributed by atoms with Crippen molar-refractivity contribution in [2.45, 2.75) is 24.7 Å². The first kappa shape index (κ1) is 12.0. The van der Waals surface area contributed by atoms with Gasteiger partial charge >= 0.3 is 5.97 Å². The van der Waals surface area contributed by atoms with Crippen LogP contribution in [-0.2, 0) is 10.2 Å². The van der Waals surface area contributed by atoms with Gasteiger partial charge in [0.25, 0.3) is 0 Å². The predicted molar refractivity (Wildman–Crippen MR) is 62.4 cm³/mol. The van der Waals surface area contributed by atoms with E-state index in [4.69, 9.17) is 5.11 Å². The maximum absolute atomic E-state index is 13.3. The molecule has 0 unspecified atom stereocenters. The molecule has 1 heterocycles. The van der Waals surface area contributed by atoms with Crippen LogP contribution in [0.1, 0.15) is 24.8 Å². The monoisotopic (exact) mass is 237 g/mol. The highest BCUT2D eigenvalue weighted by atomic mass is 19.1. The lowest BCUT2D eigenvalue weighted by molar-refractivity contribution is -0.138. The fourth-order valence-corrected chi connectivity index (χ4v) is 2.58. The molecule has 17 heavy (non-hydrogen) atoms. The fraction of sp³-hybridized carbons (Fsp3) is 0.462. The summed E-state index contributed by atoms with van der Waals surface area (Å²) < 4.78 is 13.3. The Morgan fingerprint density at radius 1 is 1.41 bits per heavy atom. The zero-order valence-electron chi connectivity index (χ0n) is 9.58. The zero-order valence-corrected chi connectivity index (χ0v) is 9.58. The molecule has 0 amide bonds. The van der Waals surface area contributed by atoms with E-state index in [0.29, 0.717) is 0 Å². The van der Waals surface area contributed by atoms with E-state index in [-0.39, 0.29) is 12.2 Å². The first-order valence-corrected chi connectivity index (χ1v) is 5.81. The molecule has 0 aliphatic carbocycles. The van der Waals surface area contributed by atoms with E-state index in [0.717, 1.165) is 31.5 Å². The van der Waals surface area contributed by atoms with Crippen LogP contribution in [0.15, 0.2) is 24.3 Å². The van der Waals surface area contributed by atoms with Gasteiger partial charge in [0.2, 0.25) is 0 Å². The lowest BCUT2D eigenvalue weighted by Gasteiger charge is -2.37. The third-order valence-corrected chi connectivity index (χ3v) is 3.49. The molecule has 0 aromatic heterocycles. The minimum Gasteiger partial charge on any atom is -0.481 e. The molecule has 0 atom stereocenters. The number of carboxylic acids is 1. The van der Waals surface area contributed by atoms with Gasteiger partial charge in [-0.15, -0.1) is 0 Å². The van der Waals surface area contributed by atoms with Gasteiger partial charge < -0.3 is 10.4 Å². The average Bonchev–Trinajstić information content (AvgIpc) is 2.29. The molecule has 3 nitrogen and oxygen atoms in total. The summed E-state index contributed by atoms with van der Waals surface area (Å²) in [6, 6.07) is 6.33. The molecule has 92 valence electrons. The smallest absolute Gasteiger partial charge is 0.304 e. The first-order valence-electron chi connectivity index (χ1n) is 5.81. The number of carboxylic acid groups (broad SMARTS) is 1. The molecule has 1 saturated heterocycles. The Bertz CT molecular complexity index is 414. The summed E-state index contributed by atoms with van der Waals surface area (Å²) in [5.41, 5.74) is 0.389. The maximum Gasteiger partial charge on any atom is 0.304 e. The largest absolute Gasteiger partial charge is 0.481 e. The van der Waals surface area contributed by atoms with Crippen LogP contribution in [0, 0.1) is 5.82 Å². The van der Waals surface area contributed by atoms with Crippen LogP contribution >= 0.6 is 0 Å². The molecule has 1 aromatic carbocycles. The van der Waals surface area contributed by atoms with Gasteiger partial charge in [0.1, 0.15) is 5.82 Å². The standard InChI is InChI=1S/C13H16FNO2/c14-11-3-1-2-10(8-11)13(9-12(16)17)4-6-15-7-5-13/h1-3,8,15H,4-7,9H2,(H,16,17). The van der Waals surface area contributed by atoms with Gasteiger partial charge in [0.15, 0.2) is 0 Å². The number of aliphatic carboxylic acids is 1. The summed E-state index contributed by atoms with van der Waals surface area (Å²) in [5, 5.41) is 12.3. The van der Waals surface area contributed by atoms with Crippen LogP contribution in [0.25, 0.3) is 0 Å². The Labute approximate surface area is 99.7 Å². The molecule has 4 heteroatoms. The highest BCUT2D eigenvalue weighted by molar-refractivity contribution is 5.69. The van der Waals surface area contributed by atoms with E-state index < -0.39 is 11.4 Å². The van der Waals surface area contributed by atoms with E-state index >= 15 is 0 Å². The molecule has 2 rings (SSSR count). The van der Waals surface area contributed by atoms with Crippen LogP contribution in [0.3, 0.4) is 0 Å². The van der Waals surface area contributed by atoms with Gasteiger partial charge in [0, 0.05) is 5.41 Å². The Balaban J connectivity index is 2.35. The lowest BCUT2D eigenvalue weighted by atomic mass is 9.71. The summed E-state index contributed by atoms with van der Waals surface area (Å²) in [7, 11) is 0. The lowest BCUT2D eigenvalue weighted by Crippen LogP contribution is -2.41. The molecule has 1 fully saturated rings. The zero-order chi connectivity index (χ0) is 12.3. The SMILES string of the molecule is O=C(O)CC1(c2cccc(F)c2)CCNCC1. The Morgan fingerprint density at radius 3 is 2.71 bits per heavy atom. The highest BCUT2D eigenvalue weighted by Crippen LogP contribution is 2.37. The first-order chi connectivity index (χ1) is 8.12. The van der Waals surface area contributed by atoms with Crippen molar-refractivity contribution < 1.29 is 14.3 Å². The summed E-state index contributed by atoms with van der Waals surface area (Å²) in [4.78, 5) is 11.0. The van der Waals surface area contributed by atoms with Crippen molar-refractivity contribution in [1.82, 2.24) is 5.32 Å². The summed E-state index contributed by atoms with van der Waals surface area (Å²) in [5.74, 6) is -1.12. The number of rotatable bonds is 3. The molecule has 1 aliphatic rings. The number of hydrogen-bond donors (Lipinski definition) is 2. The van der Waals surface area contributed by atoms with Crippen molar-refractivity contribution >= 4 is 5.97 Å². The molecule has 2 N–H and O–H groups in total. The number of nitrogens with one attached hydrogen (secondary N) is 1. The normalized spacial score (nSPS) is 18.9. The summed E-state index contributed by atoms with van der Waals surface area (Å²) in [6.07, 6.45) is 1.55. The van der Waals surface area contributed by atoms with Gasteiger partial charge in [-0.3, -0.25) is 4.79 Å². The van der Waals surface area contributed by atoms with Crippen molar-refractivity contribution in [3.63, 3.8) is 0 Å². The van der Waals surface area contributed by atoms with Gasteiger partial charge in [0.05, 0.1) is 6.42 Å². The van der Waals surface area contributed by atoms with Crippen LogP contribution in [-0.4, -0.2) is 24.2 Å². The van der Waals surface area contributed by atoms with Crippen molar-refractivity contribution in [2.24, 2.45) is 0 Å². The number of piperidine rings is 1.